The molecule has 0 aliphatic carbocycles. The predicted octanol–water partition coefficient (Wildman–Crippen LogP) is 3.19. The van der Waals surface area contributed by atoms with Crippen LogP contribution in [0.1, 0.15) is 30.6 Å². The van der Waals surface area contributed by atoms with Gasteiger partial charge < -0.3 is 9.80 Å². The second-order valence-electron chi connectivity index (χ2n) is 6.22. The van der Waals surface area contributed by atoms with Crippen molar-refractivity contribution in [1.82, 2.24) is 9.80 Å². The lowest BCUT2D eigenvalue weighted by atomic mass is 10.1. The monoisotopic (exact) mass is 308 g/mol. The van der Waals surface area contributed by atoms with Crippen molar-refractivity contribution in [3.63, 3.8) is 0 Å². The molecule has 2 rings (SSSR count). The van der Waals surface area contributed by atoms with E-state index in [4.69, 9.17) is 11.6 Å². The molecule has 4 heteroatoms. The average molecular weight is 309 g/mol. The van der Waals surface area contributed by atoms with Gasteiger partial charge in [-0.15, -0.1) is 0 Å². The first kappa shape index (κ1) is 16.5. The van der Waals surface area contributed by atoms with Gasteiger partial charge >= 0.3 is 0 Å². The summed E-state index contributed by atoms with van der Waals surface area (Å²) < 4.78 is 0. The molecular formula is C17H25ClN2O. The van der Waals surface area contributed by atoms with Crippen LogP contribution >= 0.6 is 11.6 Å². The summed E-state index contributed by atoms with van der Waals surface area (Å²) in [4.78, 5) is 17.1. The van der Waals surface area contributed by atoms with Crippen LogP contribution in [-0.2, 0) is 0 Å². The maximum absolute atomic E-state index is 12.2. The topological polar surface area (TPSA) is 23.6 Å². The second kappa shape index (κ2) is 7.92. The van der Waals surface area contributed by atoms with E-state index < -0.39 is 0 Å². The van der Waals surface area contributed by atoms with E-state index in [9.17, 15) is 4.79 Å². The standard InChI is InChI=1S/C17H25ClN2O/c1-14(2)13-20-10-8-19(9-11-20)7-6-17(21)15-4-3-5-16(18)12-15/h3-5,12,14H,6-11,13H2,1-2H3. The number of hydrogen-bond acceptors (Lipinski definition) is 3. The van der Waals surface area contributed by atoms with Crippen LogP contribution in [0.25, 0.3) is 0 Å². The Bertz CT molecular complexity index is 468. The Morgan fingerprint density at radius 1 is 1.19 bits per heavy atom. The third-order valence-corrected chi connectivity index (χ3v) is 4.13. The van der Waals surface area contributed by atoms with Gasteiger partial charge in [-0.2, -0.15) is 0 Å². The summed E-state index contributed by atoms with van der Waals surface area (Å²) in [5.74, 6) is 0.906. The molecule has 1 aliphatic rings. The van der Waals surface area contributed by atoms with Gasteiger partial charge in [0.2, 0.25) is 0 Å². The van der Waals surface area contributed by atoms with Crippen LogP contribution in [0.4, 0.5) is 0 Å². The van der Waals surface area contributed by atoms with Crippen LogP contribution in [0.15, 0.2) is 24.3 Å². The van der Waals surface area contributed by atoms with Crippen LogP contribution in [0.3, 0.4) is 0 Å². The molecule has 1 aromatic carbocycles. The molecule has 1 fully saturated rings. The number of carbonyl (C=O) groups excluding carboxylic acids is 1. The molecule has 3 nitrogen and oxygen atoms in total. The highest BCUT2D eigenvalue weighted by Crippen LogP contribution is 2.13. The van der Waals surface area contributed by atoms with Crippen molar-refractivity contribution in [1.29, 1.82) is 0 Å². The van der Waals surface area contributed by atoms with Gasteiger partial charge in [-0.1, -0.05) is 37.6 Å². The number of ketones is 1. The van der Waals surface area contributed by atoms with E-state index in [2.05, 4.69) is 23.6 Å². The third kappa shape index (κ3) is 5.42. The Morgan fingerprint density at radius 3 is 2.48 bits per heavy atom. The number of halogens is 1. The molecule has 0 spiro atoms. The molecule has 1 aliphatic heterocycles. The number of rotatable bonds is 6. The number of carbonyl (C=O) groups is 1. The highest BCUT2D eigenvalue weighted by molar-refractivity contribution is 6.31. The fraction of sp³-hybridized carbons (Fsp3) is 0.588. The van der Waals surface area contributed by atoms with Gasteiger partial charge in [0.1, 0.15) is 0 Å². The molecule has 116 valence electrons. The maximum Gasteiger partial charge on any atom is 0.164 e. The van der Waals surface area contributed by atoms with Gasteiger partial charge in [-0.3, -0.25) is 4.79 Å². The second-order valence-corrected chi connectivity index (χ2v) is 6.66. The van der Waals surface area contributed by atoms with E-state index in [0.29, 0.717) is 11.4 Å². The Hall–Kier alpha value is -0.900. The van der Waals surface area contributed by atoms with Gasteiger partial charge in [0.25, 0.3) is 0 Å². The van der Waals surface area contributed by atoms with Crippen molar-refractivity contribution >= 4 is 17.4 Å². The summed E-state index contributed by atoms with van der Waals surface area (Å²) in [5.41, 5.74) is 0.723. The van der Waals surface area contributed by atoms with E-state index in [-0.39, 0.29) is 5.78 Å². The van der Waals surface area contributed by atoms with Crippen molar-refractivity contribution < 1.29 is 4.79 Å². The number of benzene rings is 1. The minimum absolute atomic E-state index is 0.183. The molecule has 0 saturated carbocycles. The Kier molecular flexibility index (Phi) is 6.22. The smallest absolute Gasteiger partial charge is 0.164 e. The minimum Gasteiger partial charge on any atom is -0.301 e. The van der Waals surface area contributed by atoms with Crippen LogP contribution in [0, 0.1) is 5.92 Å². The maximum atomic E-state index is 12.2. The predicted molar refractivity (Wildman–Crippen MR) is 88.1 cm³/mol. The van der Waals surface area contributed by atoms with E-state index in [1.54, 1.807) is 12.1 Å². The van der Waals surface area contributed by atoms with Gasteiger partial charge in [-0.05, 0) is 18.1 Å². The molecule has 0 amide bonds. The molecule has 0 N–H and O–H groups in total. The summed E-state index contributed by atoms with van der Waals surface area (Å²) in [6.07, 6.45) is 0.574. The fourth-order valence-corrected chi connectivity index (χ4v) is 2.97. The molecule has 0 atom stereocenters. The van der Waals surface area contributed by atoms with Crippen LogP contribution in [0.5, 0.6) is 0 Å². The SMILES string of the molecule is CC(C)CN1CCN(CCC(=O)c2cccc(Cl)c2)CC1. The normalized spacial score (nSPS) is 17.3. The number of nitrogens with zero attached hydrogens (tertiary/aromatic N) is 2. The molecule has 1 heterocycles. The van der Waals surface area contributed by atoms with Crippen molar-refractivity contribution in [3.05, 3.63) is 34.9 Å². The van der Waals surface area contributed by atoms with Gasteiger partial charge in [-0.25, -0.2) is 0 Å². The lowest BCUT2D eigenvalue weighted by Crippen LogP contribution is -2.47. The summed E-state index contributed by atoms with van der Waals surface area (Å²) in [7, 11) is 0. The molecule has 0 bridgehead atoms. The average Bonchev–Trinajstić information content (AvgIpc) is 2.45. The molecule has 1 saturated heterocycles. The molecule has 0 radical (unpaired) electrons. The van der Waals surface area contributed by atoms with Gasteiger partial charge in [0.05, 0.1) is 0 Å². The summed E-state index contributed by atoms with van der Waals surface area (Å²) in [6.45, 7) is 10.9. The zero-order valence-corrected chi connectivity index (χ0v) is 13.8. The fourth-order valence-electron chi connectivity index (χ4n) is 2.78. The highest BCUT2D eigenvalue weighted by Gasteiger charge is 2.18. The molecule has 21 heavy (non-hydrogen) atoms. The third-order valence-electron chi connectivity index (χ3n) is 3.89. The van der Waals surface area contributed by atoms with Crippen molar-refractivity contribution in [3.8, 4) is 0 Å². The summed E-state index contributed by atoms with van der Waals surface area (Å²) >= 11 is 5.93. The number of Topliss-reactive ketones (excluding diaryl/α,β-unsaturated/α-hetero) is 1. The highest BCUT2D eigenvalue weighted by atomic mass is 35.5. The number of hydrogen-bond donors (Lipinski definition) is 0. The lowest BCUT2D eigenvalue weighted by Gasteiger charge is -2.35. The minimum atomic E-state index is 0.183. The summed E-state index contributed by atoms with van der Waals surface area (Å²) in [5, 5.41) is 0.628. The van der Waals surface area contributed by atoms with Crippen molar-refractivity contribution in [2.45, 2.75) is 20.3 Å². The zero-order chi connectivity index (χ0) is 15.2. The summed E-state index contributed by atoms with van der Waals surface area (Å²) in [6, 6.07) is 7.23. The largest absolute Gasteiger partial charge is 0.301 e. The molecule has 0 unspecified atom stereocenters. The number of piperazine rings is 1. The van der Waals surface area contributed by atoms with Crippen LogP contribution in [0.2, 0.25) is 5.02 Å². The Morgan fingerprint density at radius 2 is 1.86 bits per heavy atom. The molecule has 1 aromatic rings. The van der Waals surface area contributed by atoms with Gasteiger partial charge in [0.15, 0.2) is 5.78 Å². The molecule has 0 aromatic heterocycles. The zero-order valence-electron chi connectivity index (χ0n) is 13.0. The quantitative estimate of drug-likeness (QED) is 0.754. The van der Waals surface area contributed by atoms with Crippen LogP contribution < -0.4 is 0 Å². The van der Waals surface area contributed by atoms with E-state index in [1.807, 2.05) is 12.1 Å². The van der Waals surface area contributed by atoms with Crippen LogP contribution in [-0.4, -0.2) is 54.9 Å². The molecular weight excluding hydrogens is 284 g/mol. The first-order valence-corrected chi connectivity index (χ1v) is 8.16. The first-order chi connectivity index (χ1) is 10.0. The Balaban J connectivity index is 1.73. The van der Waals surface area contributed by atoms with E-state index in [0.717, 1.165) is 44.2 Å². The Labute approximate surface area is 132 Å². The van der Waals surface area contributed by atoms with E-state index >= 15 is 0 Å². The van der Waals surface area contributed by atoms with E-state index in [1.165, 1.54) is 6.54 Å². The van der Waals surface area contributed by atoms with Crippen molar-refractivity contribution in [2.75, 3.05) is 39.3 Å². The van der Waals surface area contributed by atoms with Crippen molar-refractivity contribution in [2.24, 2.45) is 5.92 Å². The van der Waals surface area contributed by atoms with Gasteiger partial charge in [0, 0.05) is 56.3 Å². The lowest BCUT2D eigenvalue weighted by molar-refractivity contribution is 0.0918. The first-order valence-electron chi connectivity index (χ1n) is 7.78.